The van der Waals surface area contributed by atoms with Crippen molar-refractivity contribution in [2.45, 2.75) is 20.0 Å². The van der Waals surface area contributed by atoms with Gasteiger partial charge in [0.15, 0.2) is 0 Å². The molecule has 17 heavy (non-hydrogen) atoms. The second-order valence-electron chi connectivity index (χ2n) is 4.23. The zero-order valence-electron chi connectivity index (χ0n) is 10.1. The summed E-state index contributed by atoms with van der Waals surface area (Å²) >= 11 is 1.58. The molecule has 0 saturated carbocycles. The summed E-state index contributed by atoms with van der Waals surface area (Å²) in [6, 6.07) is 10.2. The molecule has 0 bridgehead atoms. The first-order valence-electron chi connectivity index (χ1n) is 5.69. The fourth-order valence-corrected chi connectivity index (χ4v) is 2.51. The fourth-order valence-electron chi connectivity index (χ4n) is 1.80. The molecule has 2 nitrogen and oxygen atoms in total. The summed E-state index contributed by atoms with van der Waals surface area (Å²) in [5, 5.41) is 15.2. The molecule has 0 spiro atoms. The van der Waals surface area contributed by atoms with Gasteiger partial charge in [-0.3, -0.25) is 0 Å². The Hall–Kier alpha value is -1.32. The van der Waals surface area contributed by atoms with Crippen LogP contribution in [0.15, 0.2) is 35.7 Å². The van der Waals surface area contributed by atoms with Crippen molar-refractivity contribution in [2.24, 2.45) is 0 Å². The average molecular weight is 247 g/mol. The number of nitrogens with one attached hydrogen (secondary N) is 1. The molecule has 0 aliphatic carbocycles. The molecule has 0 amide bonds. The third-order valence-corrected chi connectivity index (χ3v) is 3.71. The van der Waals surface area contributed by atoms with Crippen LogP contribution >= 0.6 is 11.3 Å². The van der Waals surface area contributed by atoms with E-state index in [4.69, 9.17) is 0 Å². The van der Waals surface area contributed by atoms with Crippen LogP contribution in [-0.4, -0.2) is 11.7 Å². The lowest BCUT2D eigenvalue weighted by molar-refractivity contribution is 0.195. The minimum Gasteiger partial charge on any atom is -0.386 e. The smallest absolute Gasteiger partial charge is 0.105 e. The van der Waals surface area contributed by atoms with Gasteiger partial charge >= 0.3 is 0 Å². The van der Waals surface area contributed by atoms with E-state index in [9.17, 15) is 5.11 Å². The van der Waals surface area contributed by atoms with Crippen molar-refractivity contribution in [3.63, 3.8) is 0 Å². The summed E-state index contributed by atoms with van der Waals surface area (Å²) in [5.74, 6) is 0. The van der Waals surface area contributed by atoms with Gasteiger partial charge in [-0.1, -0.05) is 23.8 Å². The minimum absolute atomic E-state index is 0.435. The zero-order valence-corrected chi connectivity index (χ0v) is 10.9. The van der Waals surface area contributed by atoms with Gasteiger partial charge in [-0.2, -0.15) is 0 Å². The molecule has 2 aromatic rings. The Kier molecular flexibility index (Phi) is 3.82. The van der Waals surface area contributed by atoms with Crippen LogP contribution in [0.5, 0.6) is 0 Å². The van der Waals surface area contributed by atoms with Gasteiger partial charge in [0.25, 0.3) is 0 Å². The molecule has 1 aromatic carbocycles. The van der Waals surface area contributed by atoms with Gasteiger partial charge in [-0.05, 0) is 36.9 Å². The lowest BCUT2D eigenvalue weighted by Crippen LogP contribution is -2.11. The molecule has 1 heterocycles. The van der Waals surface area contributed by atoms with E-state index < -0.39 is 6.10 Å². The molecular formula is C14H17NOS. The summed E-state index contributed by atoms with van der Waals surface area (Å²) in [6.45, 7) is 4.70. The molecule has 1 unspecified atom stereocenters. The molecule has 3 heteroatoms. The maximum Gasteiger partial charge on any atom is 0.105 e. The van der Waals surface area contributed by atoms with E-state index in [-0.39, 0.29) is 0 Å². The van der Waals surface area contributed by atoms with Gasteiger partial charge in [0, 0.05) is 17.1 Å². The maximum atomic E-state index is 9.96. The van der Waals surface area contributed by atoms with E-state index in [1.54, 1.807) is 11.3 Å². The lowest BCUT2D eigenvalue weighted by atomic mass is 10.1. The molecule has 1 atom stereocenters. The topological polar surface area (TPSA) is 32.3 Å². The average Bonchev–Trinajstić information content (AvgIpc) is 2.81. The van der Waals surface area contributed by atoms with Crippen LogP contribution in [-0.2, 0) is 0 Å². The Bertz CT molecular complexity index is 479. The van der Waals surface area contributed by atoms with Crippen LogP contribution in [0.2, 0.25) is 0 Å². The molecule has 90 valence electrons. The standard InChI is InChI=1S/C14H17NOS/c1-10-5-6-12(11(2)8-10)15-9-13(16)14-4-3-7-17-14/h3-8,13,15-16H,9H2,1-2H3. The van der Waals surface area contributed by atoms with Gasteiger partial charge in [0.1, 0.15) is 6.10 Å². The predicted molar refractivity (Wildman–Crippen MR) is 73.7 cm³/mol. The van der Waals surface area contributed by atoms with Crippen molar-refractivity contribution < 1.29 is 5.11 Å². The van der Waals surface area contributed by atoms with Crippen molar-refractivity contribution >= 4 is 17.0 Å². The first-order chi connectivity index (χ1) is 8.16. The molecule has 0 aliphatic heterocycles. The lowest BCUT2D eigenvalue weighted by Gasteiger charge is -2.13. The minimum atomic E-state index is -0.435. The highest BCUT2D eigenvalue weighted by Crippen LogP contribution is 2.21. The van der Waals surface area contributed by atoms with Crippen LogP contribution in [0.25, 0.3) is 0 Å². The van der Waals surface area contributed by atoms with Crippen molar-refractivity contribution in [3.05, 3.63) is 51.7 Å². The Balaban J connectivity index is 1.98. The van der Waals surface area contributed by atoms with E-state index >= 15 is 0 Å². The fraction of sp³-hybridized carbons (Fsp3) is 0.286. The number of thiophene rings is 1. The third kappa shape index (κ3) is 3.08. The quantitative estimate of drug-likeness (QED) is 0.866. The number of aryl methyl sites for hydroxylation is 2. The molecular weight excluding hydrogens is 230 g/mol. The number of hydrogen-bond donors (Lipinski definition) is 2. The van der Waals surface area contributed by atoms with E-state index in [2.05, 4.69) is 37.4 Å². The molecule has 2 rings (SSSR count). The first-order valence-corrected chi connectivity index (χ1v) is 6.57. The van der Waals surface area contributed by atoms with Crippen molar-refractivity contribution in [3.8, 4) is 0 Å². The van der Waals surface area contributed by atoms with Crippen molar-refractivity contribution in [1.29, 1.82) is 0 Å². The Labute approximate surface area is 106 Å². The molecule has 0 aliphatic rings. The highest BCUT2D eigenvalue weighted by molar-refractivity contribution is 7.10. The van der Waals surface area contributed by atoms with Gasteiger partial charge in [-0.15, -0.1) is 11.3 Å². The van der Waals surface area contributed by atoms with E-state index in [0.717, 1.165) is 10.6 Å². The van der Waals surface area contributed by atoms with E-state index in [1.807, 2.05) is 17.5 Å². The summed E-state index contributed by atoms with van der Waals surface area (Å²) in [5.41, 5.74) is 3.56. The number of hydrogen-bond acceptors (Lipinski definition) is 3. The monoisotopic (exact) mass is 247 g/mol. The number of anilines is 1. The van der Waals surface area contributed by atoms with Gasteiger partial charge in [0.05, 0.1) is 0 Å². The first kappa shape index (κ1) is 12.1. The third-order valence-electron chi connectivity index (χ3n) is 2.74. The summed E-state index contributed by atoms with van der Waals surface area (Å²) < 4.78 is 0. The normalized spacial score (nSPS) is 12.4. The van der Waals surface area contributed by atoms with Crippen LogP contribution in [0.4, 0.5) is 5.69 Å². The van der Waals surface area contributed by atoms with Gasteiger partial charge in [0.2, 0.25) is 0 Å². The number of rotatable bonds is 4. The van der Waals surface area contributed by atoms with E-state index in [1.165, 1.54) is 11.1 Å². The largest absolute Gasteiger partial charge is 0.386 e. The number of aliphatic hydroxyl groups excluding tert-OH is 1. The molecule has 1 aromatic heterocycles. The predicted octanol–water partition coefficient (Wildman–Crippen LogP) is 3.51. The van der Waals surface area contributed by atoms with Crippen LogP contribution in [0.3, 0.4) is 0 Å². The summed E-state index contributed by atoms with van der Waals surface area (Å²) in [6.07, 6.45) is -0.435. The summed E-state index contributed by atoms with van der Waals surface area (Å²) in [7, 11) is 0. The maximum absolute atomic E-state index is 9.96. The van der Waals surface area contributed by atoms with Crippen molar-refractivity contribution in [2.75, 3.05) is 11.9 Å². The SMILES string of the molecule is Cc1ccc(NCC(O)c2cccs2)c(C)c1. The number of aliphatic hydroxyl groups is 1. The Morgan fingerprint density at radius 3 is 2.76 bits per heavy atom. The highest BCUT2D eigenvalue weighted by Gasteiger charge is 2.08. The molecule has 0 saturated heterocycles. The zero-order chi connectivity index (χ0) is 12.3. The van der Waals surface area contributed by atoms with E-state index in [0.29, 0.717) is 6.54 Å². The van der Waals surface area contributed by atoms with Crippen LogP contribution in [0, 0.1) is 13.8 Å². The van der Waals surface area contributed by atoms with Crippen LogP contribution < -0.4 is 5.32 Å². The Morgan fingerprint density at radius 1 is 1.29 bits per heavy atom. The second-order valence-corrected chi connectivity index (χ2v) is 5.21. The molecule has 2 N–H and O–H groups in total. The molecule has 0 radical (unpaired) electrons. The summed E-state index contributed by atoms with van der Waals surface area (Å²) in [4.78, 5) is 1.00. The highest BCUT2D eigenvalue weighted by atomic mass is 32.1. The van der Waals surface area contributed by atoms with Crippen molar-refractivity contribution in [1.82, 2.24) is 0 Å². The number of benzene rings is 1. The van der Waals surface area contributed by atoms with Gasteiger partial charge in [-0.25, -0.2) is 0 Å². The molecule has 0 fully saturated rings. The second kappa shape index (κ2) is 5.34. The van der Waals surface area contributed by atoms with Gasteiger partial charge < -0.3 is 10.4 Å². The van der Waals surface area contributed by atoms with Crippen LogP contribution in [0.1, 0.15) is 22.1 Å². The Morgan fingerprint density at radius 2 is 2.12 bits per heavy atom.